The summed E-state index contributed by atoms with van der Waals surface area (Å²) in [7, 11) is 5.52. The molecule has 0 heterocycles. The Bertz CT molecular complexity index is 1210. The van der Waals surface area contributed by atoms with Crippen LogP contribution < -0.4 is 0 Å². The zero-order valence-corrected chi connectivity index (χ0v) is 39.1. The van der Waals surface area contributed by atoms with Gasteiger partial charge in [0.15, 0.2) is 12.1 Å². The second-order valence-corrected chi connectivity index (χ2v) is 17.0. The summed E-state index contributed by atoms with van der Waals surface area (Å²) in [4.78, 5) is 37.1. The molecule has 0 aromatic rings. The smallest absolute Gasteiger partial charge is 0.362 e. The highest BCUT2D eigenvalue weighted by Gasteiger charge is 2.31. The molecule has 8 nitrogen and oxygen atoms in total. The first-order valence-electron chi connectivity index (χ1n) is 24.0. The summed E-state index contributed by atoms with van der Waals surface area (Å²) in [5.74, 6) is -1.50. The molecular formula is C52H90NO7+. The molecule has 2 atom stereocenters. The van der Waals surface area contributed by atoms with Crippen molar-refractivity contribution >= 4 is 17.9 Å². The zero-order valence-electron chi connectivity index (χ0n) is 39.1. The van der Waals surface area contributed by atoms with Crippen LogP contribution in [0.15, 0.2) is 72.9 Å². The van der Waals surface area contributed by atoms with Gasteiger partial charge in [-0.1, -0.05) is 183 Å². The number of carboxylic acids is 1. The lowest BCUT2D eigenvalue weighted by Gasteiger charge is -2.31. The molecule has 344 valence electrons. The molecule has 0 amide bonds. The average molecular weight is 841 g/mol. The Balaban J connectivity index is 4.27. The van der Waals surface area contributed by atoms with Crippen molar-refractivity contribution in [2.24, 2.45) is 0 Å². The van der Waals surface area contributed by atoms with Crippen LogP contribution in [0.4, 0.5) is 0 Å². The third-order valence-electron chi connectivity index (χ3n) is 10.4. The third kappa shape index (κ3) is 40.2. The highest BCUT2D eigenvalue weighted by molar-refractivity contribution is 5.72. The van der Waals surface area contributed by atoms with Crippen LogP contribution in [0.5, 0.6) is 0 Å². The number of likely N-dealkylation sites (N-methyl/N-ethyl adjacent to an activating group) is 1. The molecule has 8 heteroatoms. The molecule has 0 bridgehead atoms. The number of allylic oxidation sites excluding steroid dienone is 12. The zero-order chi connectivity index (χ0) is 44.2. The molecule has 1 N–H and O–H groups in total. The molecule has 0 radical (unpaired) electrons. The highest BCUT2D eigenvalue weighted by atomic mass is 16.6. The largest absolute Gasteiger partial charge is 0.477 e. The molecule has 0 rings (SSSR count). The number of hydrogen-bond acceptors (Lipinski definition) is 6. The van der Waals surface area contributed by atoms with E-state index < -0.39 is 18.1 Å². The Morgan fingerprint density at radius 1 is 0.517 bits per heavy atom. The van der Waals surface area contributed by atoms with Gasteiger partial charge in [-0.2, -0.15) is 0 Å². The number of ether oxygens (including phenoxy) is 3. The fourth-order valence-electron chi connectivity index (χ4n) is 6.79. The Hall–Kier alpha value is -3.23. The van der Waals surface area contributed by atoms with Crippen LogP contribution in [0.3, 0.4) is 0 Å². The van der Waals surface area contributed by atoms with Crippen molar-refractivity contribution < 1.29 is 38.2 Å². The SMILES string of the molecule is CC/C=C/C=C/C=C/C=C/CCCCCCCC(=O)OC(COCCC(C(=O)O)[N+](C)(C)C)COC(=O)CCCCCCCCCCCCCCCC/C=C/C/C=C/CC. The summed E-state index contributed by atoms with van der Waals surface area (Å²) in [6.07, 6.45) is 53.8. The molecule has 0 aliphatic rings. The van der Waals surface area contributed by atoms with E-state index in [-0.39, 0.29) is 36.2 Å². The van der Waals surface area contributed by atoms with Crippen LogP contribution in [0.2, 0.25) is 0 Å². The van der Waals surface area contributed by atoms with Gasteiger partial charge in [-0.3, -0.25) is 9.59 Å². The van der Waals surface area contributed by atoms with E-state index in [1.165, 1.54) is 77.0 Å². The Morgan fingerprint density at radius 2 is 0.967 bits per heavy atom. The number of hydrogen-bond donors (Lipinski definition) is 1. The second kappa shape index (κ2) is 42.5. The first-order valence-corrected chi connectivity index (χ1v) is 24.0. The van der Waals surface area contributed by atoms with E-state index in [2.05, 4.69) is 62.5 Å². The maximum absolute atomic E-state index is 12.7. The van der Waals surface area contributed by atoms with Gasteiger partial charge in [0.2, 0.25) is 0 Å². The molecule has 60 heavy (non-hydrogen) atoms. The van der Waals surface area contributed by atoms with E-state index in [1.807, 2.05) is 45.4 Å². The summed E-state index contributed by atoms with van der Waals surface area (Å²) in [6, 6.07) is -0.622. The normalized spacial score (nSPS) is 13.6. The van der Waals surface area contributed by atoms with E-state index in [9.17, 15) is 19.5 Å². The van der Waals surface area contributed by atoms with Crippen molar-refractivity contribution in [2.45, 2.75) is 199 Å². The minimum atomic E-state index is -0.881. The fourth-order valence-corrected chi connectivity index (χ4v) is 6.79. The van der Waals surface area contributed by atoms with Crippen LogP contribution in [0, 0.1) is 0 Å². The predicted octanol–water partition coefficient (Wildman–Crippen LogP) is 13.5. The molecule has 0 aromatic heterocycles. The lowest BCUT2D eigenvalue weighted by molar-refractivity contribution is -0.887. The number of quaternary nitrogens is 1. The number of esters is 2. The first-order chi connectivity index (χ1) is 29.1. The number of carbonyl (C=O) groups is 3. The standard InChI is InChI=1S/C52H89NO7/c1-6-8-10-12-14-16-18-20-22-23-24-25-26-27-29-30-32-34-36-38-40-42-50(54)59-47-48(46-58-45-44-49(52(56)57)53(3,4)5)60-51(55)43-41-39-37-35-33-31-28-21-19-17-15-13-11-9-7-2/h8-11,13-17,19,21,28,48-49H,6-7,12,18,20,22-27,29-47H2,1-5H3/p+1/b10-8+,11-9+,15-13+,16-14+,19-17+,28-21+. The van der Waals surface area contributed by atoms with Gasteiger partial charge in [-0.25, -0.2) is 4.79 Å². The molecule has 0 saturated heterocycles. The molecule has 0 spiro atoms. The number of rotatable bonds is 42. The molecule has 0 aliphatic heterocycles. The van der Waals surface area contributed by atoms with Gasteiger partial charge < -0.3 is 23.8 Å². The summed E-state index contributed by atoms with van der Waals surface area (Å²) < 4.78 is 17.3. The highest BCUT2D eigenvalue weighted by Crippen LogP contribution is 2.15. The lowest BCUT2D eigenvalue weighted by atomic mass is 10.0. The number of carbonyl (C=O) groups excluding carboxylic acids is 2. The Morgan fingerprint density at radius 3 is 1.48 bits per heavy atom. The van der Waals surface area contributed by atoms with Crippen molar-refractivity contribution in [1.29, 1.82) is 0 Å². The third-order valence-corrected chi connectivity index (χ3v) is 10.4. The van der Waals surface area contributed by atoms with Gasteiger partial charge in [-0.05, 0) is 57.8 Å². The van der Waals surface area contributed by atoms with Crippen molar-refractivity contribution in [3.8, 4) is 0 Å². The van der Waals surface area contributed by atoms with Crippen LogP contribution in [-0.2, 0) is 28.6 Å². The number of nitrogens with zero attached hydrogens (tertiary/aromatic N) is 1. The molecule has 0 fully saturated rings. The summed E-state index contributed by atoms with van der Waals surface area (Å²) >= 11 is 0. The fraction of sp³-hybridized carbons (Fsp3) is 0.712. The van der Waals surface area contributed by atoms with Crippen LogP contribution >= 0.6 is 0 Å². The minimum absolute atomic E-state index is 0.0488. The average Bonchev–Trinajstić information content (AvgIpc) is 3.21. The van der Waals surface area contributed by atoms with E-state index >= 15 is 0 Å². The van der Waals surface area contributed by atoms with Crippen LogP contribution in [0.1, 0.15) is 187 Å². The molecule has 0 saturated carbocycles. The van der Waals surface area contributed by atoms with Gasteiger partial charge in [0.25, 0.3) is 0 Å². The second-order valence-electron chi connectivity index (χ2n) is 17.0. The van der Waals surface area contributed by atoms with Gasteiger partial charge in [-0.15, -0.1) is 0 Å². The monoisotopic (exact) mass is 841 g/mol. The van der Waals surface area contributed by atoms with E-state index in [0.717, 1.165) is 77.0 Å². The van der Waals surface area contributed by atoms with Crippen molar-refractivity contribution in [2.75, 3.05) is 41.0 Å². The van der Waals surface area contributed by atoms with Crippen LogP contribution in [0.25, 0.3) is 0 Å². The predicted molar refractivity (Wildman–Crippen MR) is 252 cm³/mol. The van der Waals surface area contributed by atoms with E-state index in [0.29, 0.717) is 19.3 Å². The summed E-state index contributed by atoms with van der Waals surface area (Å²) in [5.41, 5.74) is 0. The maximum Gasteiger partial charge on any atom is 0.362 e. The first kappa shape index (κ1) is 56.8. The van der Waals surface area contributed by atoms with E-state index in [4.69, 9.17) is 14.2 Å². The van der Waals surface area contributed by atoms with E-state index in [1.54, 1.807) is 0 Å². The van der Waals surface area contributed by atoms with Gasteiger partial charge in [0.1, 0.15) is 6.61 Å². The molecule has 2 unspecified atom stereocenters. The number of unbranched alkanes of at least 4 members (excludes halogenated alkanes) is 19. The number of carboxylic acid groups (broad SMARTS) is 1. The van der Waals surface area contributed by atoms with Gasteiger partial charge in [0.05, 0.1) is 34.4 Å². The Labute approximate surface area is 368 Å². The number of aliphatic carboxylic acids is 1. The summed E-state index contributed by atoms with van der Waals surface area (Å²) in [5, 5.41) is 9.64. The molecule has 0 aliphatic carbocycles. The topological polar surface area (TPSA) is 99.1 Å². The molecule has 0 aromatic carbocycles. The Kier molecular flexibility index (Phi) is 40.2. The van der Waals surface area contributed by atoms with Crippen molar-refractivity contribution in [3.63, 3.8) is 0 Å². The lowest BCUT2D eigenvalue weighted by Crippen LogP contribution is -2.50. The molecular weight excluding hydrogens is 751 g/mol. The van der Waals surface area contributed by atoms with Gasteiger partial charge >= 0.3 is 17.9 Å². The minimum Gasteiger partial charge on any atom is -0.477 e. The van der Waals surface area contributed by atoms with Crippen molar-refractivity contribution in [1.82, 2.24) is 0 Å². The van der Waals surface area contributed by atoms with Crippen LogP contribution in [-0.4, -0.2) is 80.6 Å². The maximum atomic E-state index is 12.7. The van der Waals surface area contributed by atoms with Gasteiger partial charge in [0, 0.05) is 19.3 Å². The quantitative estimate of drug-likeness (QED) is 0.0215. The summed E-state index contributed by atoms with van der Waals surface area (Å²) in [6.45, 7) is 4.47. The van der Waals surface area contributed by atoms with Crippen molar-refractivity contribution in [3.05, 3.63) is 72.9 Å².